The van der Waals surface area contributed by atoms with Crippen molar-refractivity contribution in [2.75, 3.05) is 19.7 Å². The van der Waals surface area contributed by atoms with Crippen LogP contribution in [-0.2, 0) is 9.53 Å². The largest absolute Gasteiger partial charge is 0.468 e. The third-order valence-corrected chi connectivity index (χ3v) is 4.96. The quantitative estimate of drug-likeness (QED) is 0.788. The Balaban J connectivity index is 1.89. The van der Waals surface area contributed by atoms with Gasteiger partial charge in [-0.3, -0.25) is 4.90 Å². The Hall–Kier alpha value is -2.28. The van der Waals surface area contributed by atoms with Gasteiger partial charge in [0.1, 0.15) is 5.76 Å². The fourth-order valence-electron chi connectivity index (χ4n) is 3.77. The third-order valence-electron chi connectivity index (χ3n) is 4.96. The lowest BCUT2D eigenvalue weighted by Crippen LogP contribution is -2.51. The van der Waals surface area contributed by atoms with Crippen molar-refractivity contribution in [2.24, 2.45) is 0 Å². The highest BCUT2D eigenvalue weighted by Crippen LogP contribution is 2.31. The first-order valence-corrected chi connectivity index (χ1v) is 9.35. The van der Waals surface area contributed by atoms with Crippen LogP contribution in [0.4, 0.5) is 4.79 Å². The summed E-state index contributed by atoms with van der Waals surface area (Å²) in [6.45, 7) is 5.26. The molecule has 2 atom stereocenters. The van der Waals surface area contributed by atoms with Crippen LogP contribution in [0.3, 0.4) is 0 Å². The summed E-state index contributed by atoms with van der Waals surface area (Å²) in [6.07, 6.45) is 6.08. The van der Waals surface area contributed by atoms with Crippen LogP contribution in [0.15, 0.2) is 34.1 Å². The minimum Gasteiger partial charge on any atom is -0.468 e. The number of hydrogen-bond acceptors (Lipinski definition) is 5. The van der Waals surface area contributed by atoms with Crippen molar-refractivity contribution in [1.82, 2.24) is 15.5 Å². The van der Waals surface area contributed by atoms with Gasteiger partial charge in [0, 0.05) is 12.2 Å². The van der Waals surface area contributed by atoms with Gasteiger partial charge in [0.15, 0.2) is 0 Å². The van der Waals surface area contributed by atoms with Gasteiger partial charge in [0.05, 0.1) is 30.5 Å². The number of nitrogens with one attached hydrogen (secondary N) is 2. The molecule has 1 saturated heterocycles. The zero-order valence-electron chi connectivity index (χ0n) is 15.4. The van der Waals surface area contributed by atoms with Crippen LogP contribution in [0.2, 0.25) is 0 Å². The van der Waals surface area contributed by atoms with E-state index in [-0.39, 0.29) is 24.1 Å². The predicted octanol–water partition coefficient (Wildman–Crippen LogP) is 2.72. The molecule has 0 aliphatic carbocycles. The minimum atomic E-state index is -0.383. The number of likely N-dealkylation sites (tertiary alicyclic amines) is 1. The van der Waals surface area contributed by atoms with E-state index in [0.29, 0.717) is 24.4 Å². The molecule has 2 amide bonds. The summed E-state index contributed by atoms with van der Waals surface area (Å²) in [4.78, 5) is 26.7. The van der Waals surface area contributed by atoms with E-state index in [9.17, 15) is 9.59 Å². The van der Waals surface area contributed by atoms with E-state index in [1.54, 1.807) is 20.1 Å². The van der Waals surface area contributed by atoms with Crippen molar-refractivity contribution >= 4 is 12.0 Å². The molecule has 0 bridgehead atoms. The number of ether oxygens (including phenoxy) is 1. The van der Waals surface area contributed by atoms with Gasteiger partial charge in [0.2, 0.25) is 0 Å². The van der Waals surface area contributed by atoms with Crippen LogP contribution < -0.4 is 10.6 Å². The Morgan fingerprint density at radius 3 is 2.96 bits per heavy atom. The van der Waals surface area contributed by atoms with Gasteiger partial charge in [-0.05, 0) is 45.4 Å². The fraction of sp³-hybridized carbons (Fsp3) is 0.579. The highest BCUT2D eigenvalue weighted by molar-refractivity contribution is 5.94. The van der Waals surface area contributed by atoms with Crippen molar-refractivity contribution in [3.05, 3.63) is 35.4 Å². The number of carbonyl (C=O) groups is 2. The summed E-state index contributed by atoms with van der Waals surface area (Å²) < 4.78 is 10.9. The lowest BCUT2D eigenvalue weighted by molar-refractivity contribution is -0.139. The highest BCUT2D eigenvalue weighted by atomic mass is 16.5. The highest BCUT2D eigenvalue weighted by Gasteiger charge is 2.33. The molecule has 2 aliphatic heterocycles. The van der Waals surface area contributed by atoms with Crippen LogP contribution in [0.5, 0.6) is 0 Å². The minimum absolute atomic E-state index is 0.144. The Kier molecular flexibility index (Phi) is 5.98. The van der Waals surface area contributed by atoms with E-state index in [1.165, 1.54) is 6.42 Å². The van der Waals surface area contributed by atoms with Gasteiger partial charge in [-0.15, -0.1) is 0 Å². The summed E-state index contributed by atoms with van der Waals surface area (Å²) >= 11 is 0. The summed E-state index contributed by atoms with van der Waals surface area (Å²) in [7, 11) is 0. The van der Waals surface area contributed by atoms with Gasteiger partial charge >= 0.3 is 12.0 Å². The topological polar surface area (TPSA) is 83.8 Å². The monoisotopic (exact) mass is 361 g/mol. The Labute approximate surface area is 153 Å². The maximum Gasteiger partial charge on any atom is 0.337 e. The van der Waals surface area contributed by atoms with E-state index in [2.05, 4.69) is 15.5 Å². The smallest absolute Gasteiger partial charge is 0.337 e. The van der Waals surface area contributed by atoms with Gasteiger partial charge in [0.25, 0.3) is 0 Å². The van der Waals surface area contributed by atoms with Gasteiger partial charge in [-0.2, -0.15) is 0 Å². The number of rotatable bonds is 5. The van der Waals surface area contributed by atoms with Gasteiger partial charge in [-0.1, -0.05) is 12.8 Å². The molecule has 2 N–H and O–H groups in total. The molecule has 7 nitrogen and oxygen atoms in total. The van der Waals surface area contributed by atoms with E-state index < -0.39 is 0 Å². The van der Waals surface area contributed by atoms with Crippen LogP contribution in [0, 0.1) is 0 Å². The molecule has 1 aromatic rings. The summed E-state index contributed by atoms with van der Waals surface area (Å²) in [6, 6.07) is 3.37. The molecule has 0 aromatic carbocycles. The second kappa shape index (κ2) is 8.40. The number of amides is 2. The van der Waals surface area contributed by atoms with E-state index in [0.717, 1.165) is 31.6 Å². The second-order valence-corrected chi connectivity index (χ2v) is 6.78. The zero-order valence-corrected chi connectivity index (χ0v) is 15.4. The van der Waals surface area contributed by atoms with Gasteiger partial charge in [-0.25, -0.2) is 9.59 Å². The van der Waals surface area contributed by atoms with Crippen molar-refractivity contribution in [1.29, 1.82) is 0 Å². The van der Waals surface area contributed by atoms with Crippen molar-refractivity contribution < 1.29 is 18.7 Å². The van der Waals surface area contributed by atoms with Crippen LogP contribution in [0.1, 0.15) is 51.3 Å². The lowest BCUT2D eigenvalue weighted by Gasteiger charge is -2.33. The van der Waals surface area contributed by atoms with Crippen molar-refractivity contribution in [3.63, 3.8) is 0 Å². The number of hydrogen-bond donors (Lipinski definition) is 2. The number of carbonyl (C=O) groups excluding carboxylic acids is 2. The summed E-state index contributed by atoms with van der Waals surface area (Å²) in [5.74, 6) is 0.547. The molecule has 0 spiro atoms. The molecule has 7 heteroatoms. The number of urea groups is 1. The predicted molar refractivity (Wildman–Crippen MR) is 96.3 cm³/mol. The molecule has 142 valence electrons. The molecular formula is C19H27N3O4. The molecule has 2 unspecified atom stereocenters. The van der Waals surface area contributed by atoms with Crippen LogP contribution in [0.25, 0.3) is 0 Å². The molecular weight excluding hydrogens is 334 g/mol. The van der Waals surface area contributed by atoms with Crippen molar-refractivity contribution in [3.8, 4) is 0 Å². The molecule has 2 aliphatic rings. The average Bonchev–Trinajstić information content (AvgIpc) is 3.02. The second-order valence-electron chi connectivity index (χ2n) is 6.78. The van der Waals surface area contributed by atoms with E-state index >= 15 is 0 Å². The fourth-order valence-corrected chi connectivity index (χ4v) is 3.77. The first kappa shape index (κ1) is 18.5. The molecule has 1 fully saturated rings. The first-order chi connectivity index (χ1) is 12.6. The summed E-state index contributed by atoms with van der Waals surface area (Å²) in [5, 5.41) is 5.57. The molecule has 0 radical (unpaired) electrons. The van der Waals surface area contributed by atoms with E-state index in [1.807, 2.05) is 12.1 Å². The Morgan fingerprint density at radius 1 is 1.38 bits per heavy atom. The molecule has 1 aromatic heterocycles. The Morgan fingerprint density at radius 2 is 2.23 bits per heavy atom. The number of esters is 1. The third kappa shape index (κ3) is 4.09. The maximum atomic E-state index is 12.4. The summed E-state index contributed by atoms with van der Waals surface area (Å²) in [5.41, 5.74) is 1.12. The molecule has 3 rings (SSSR count). The average molecular weight is 361 g/mol. The first-order valence-electron chi connectivity index (χ1n) is 9.35. The standard InChI is InChI=1S/C19H27N3O4/c1-3-25-18(23)17-13(2)20-19(24)21-14(17)12-22-10-6-4-5-8-15(22)16-9-7-11-26-16/h7,9,11,13,15H,3-6,8,10,12H2,1-2H3,(H2,20,21,24). The molecule has 3 heterocycles. The molecule has 26 heavy (non-hydrogen) atoms. The van der Waals surface area contributed by atoms with Gasteiger partial charge < -0.3 is 19.8 Å². The van der Waals surface area contributed by atoms with Crippen LogP contribution >= 0.6 is 0 Å². The number of furan rings is 1. The van der Waals surface area contributed by atoms with E-state index in [4.69, 9.17) is 9.15 Å². The normalized spacial score (nSPS) is 24.6. The van der Waals surface area contributed by atoms with Crippen molar-refractivity contribution in [2.45, 2.75) is 51.6 Å². The zero-order chi connectivity index (χ0) is 18.5. The van der Waals surface area contributed by atoms with Crippen LogP contribution in [-0.4, -0.2) is 42.6 Å². The molecule has 0 saturated carbocycles. The number of nitrogens with zero attached hydrogens (tertiary/aromatic N) is 1. The Bertz CT molecular complexity index is 668. The lowest BCUT2D eigenvalue weighted by atomic mass is 10.0. The maximum absolute atomic E-state index is 12.4. The SMILES string of the molecule is CCOC(=O)C1=C(CN2CCCCCC2c2ccco2)NC(=O)NC1C.